The minimum atomic E-state index is 0.0151. The van der Waals surface area contributed by atoms with Gasteiger partial charge in [-0.15, -0.1) is 22.7 Å². The molecule has 3 aromatic rings. The van der Waals surface area contributed by atoms with Crippen molar-refractivity contribution in [2.75, 3.05) is 25.0 Å². The molecule has 1 aliphatic rings. The minimum absolute atomic E-state index is 0.0151. The number of hydrogen-bond donors (Lipinski definition) is 1. The molecule has 0 saturated carbocycles. The third-order valence-electron chi connectivity index (χ3n) is 4.40. The number of likely N-dealkylation sites (N-methyl/N-ethyl adjacent to an activating group) is 2. The van der Waals surface area contributed by atoms with Gasteiger partial charge in [0.25, 0.3) is 0 Å². The molecule has 0 fully saturated rings. The monoisotopic (exact) mass is 372 g/mol. The highest BCUT2D eigenvalue weighted by molar-refractivity contribution is 7.19. The number of nitrogens with one attached hydrogen (secondary N) is 1. The fourth-order valence-corrected chi connectivity index (χ4v) is 5.23. The summed E-state index contributed by atoms with van der Waals surface area (Å²) in [5.74, 6) is 1.64. The molecule has 0 radical (unpaired) electrons. The number of carbonyl (C=O) groups excluding carboxylic acids is 1. The molecule has 3 heterocycles. The molecule has 1 amide bonds. The minimum Gasteiger partial charge on any atom is -0.355 e. The Kier molecular flexibility index (Phi) is 4.43. The van der Waals surface area contributed by atoms with E-state index in [4.69, 9.17) is 9.97 Å². The lowest BCUT2D eigenvalue weighted by atomic mass is 10.2. The highest BCUT2D eigenvalue weighted by Gasteiger charge is 2.24. The van der Waals surface area contributed by atoms with Gasteiger partial charge in [-0.05, 0) is 43.2 Å². The Bertz CT molecular complexity index is 917. The van der Waals surface area contributed by atoms with Crippen molar-refractivity contribution in [2.45, 2.75) is 26.2 Å². The third-order valence-corrected chi connectivity index (χ3v) is 6.45. The Morgan fingerprint density at radius 2 is 2.24 bits per heavy atom. The van der Waals surface area contributed by atoms with Gasteiger partial charge in [0.05, 0.1) is 16.8 Å². The number of nitrogens with zero attached hydrogens (tertiary/aromatic N) is 3. The molecule has 0 atom stereocenters. The second-order valence-corrected chi connectivity index (χ2v) is 8.23. The summed E-state index contributed by atoms with van der Waals surface area (Å²) in [4.78, 5) is 27.2. The maximum atomic E-state index is 12.1. The van der Waals surface area contributed by atoms with Crippen molar-refractivity contribution in [1.82, 2.24) is 15.3 Å². The Morgan fingerprint density at radius 1 is 1.36 bits per heavy atom. The van der Waals surface area contributed by atoms with Gasteiger partial charge in [0.1, 0.15) is 10.6 Å². The number of amides is 1. The van der Waals surface area contributed by atoms with Gasteiger partial charge < -0.3 is 10.2 Å². The zero-order valence-electron chi connectivity index (χ0n) is 14.3. The summed E-state index contributed by atoms with van der Waals surface area (Å²) in [6.07, 6.45) is 3.41. The molecule has 0 saturated heterocycles. The van der Waals surface area contributed by atoms with E-state index in [2.05, 4.69) is 5.32 Å². The van der Waals surface area contributed by atoms with Crippen molar-refractivity contribution in [1.29, 1.82) is 0 Å². The average molecular weight is 373 g/mol. The first-order valence-electron chi connectivity index (χ1n) is 8.51. The number of rotatable bonds is 5. The lowest BCUT2D eigenvalue weighted by Crippen LogP contribution is -2.35. The van der Waals surface area contributed by atoms with Crippen molar-refractivity contribution < 1.29 is 4.79 Å². The normalized spacial score (nSPS) is 13.2. The Balaban J connectivity index is 1.83. The maximum Gasteiger partial charge on any atom is 0.239 e. The summed E-state index contributed by atoms with van der Waals surface area (Å²) in [6, 6.07) is 4.06. The number of carbonyl (C=O) groups is 1. The van der Waals surface area contributed by atoms with Crippen LogP contribution in [0.15, 0.2) is 17.5 Å². The quantitative estimate of drug-likeness (QED) is 0.745. The highest BCUT2D eigenvalue weighted by Crippen LogP contribution is 2.41. The molecule has 1 aliphatic carbocycles. The molecule has 5 nitrogen and oxygen atoms in total. The van der Waals surface area contributed by atoms with Crippen LogP contribution in [0.3, 0.4) is 0 Å². The molecular formula is C18H20N4OS2. The van der Waals surface area contributed by atoms with E-state index in [0.29, 0.717) is 13.1 Å². The van der Waals surface area contributed by atoms with Crippen LogP contribution in [0.1, 0.15) is 23.8 Å². The molecule has 0 unspecified atom stereocenters. The maximum absolute atomic E-state index is 12.1. The van der Waals surface area contributed by atoms with E-state index in [-0.39, 0.29) is 5.91 Å². The van der Waals surface area contributed by atoms with E-state index in [1.54, 1.807) is 22.7 Å². The molecule has 0 aromatic carbocycles. The molecule has 3 aromatic heterocycles. The van der Waals surface area contributed by atoms with Crippen LogP contribution in [0.5, 0.6) is 0 Å². The van der Waals surface area contributed by atoms with E-state index in [0.717, 1.165) is 39.6 Å². The van der Waals surface area contributed by atoms with Crippen LogP contribution in [0, 0.1) is 0 Å². The first-order valence-corrected chi connectivity index (χ1v) is 10.2. The number of hydrogen-bond acceptors (Lipinski definition) is 6. The molecule has 25 heavy (non-hydrogen) atoms. The van der Waals surface area contributed by atoms with E-state index in [1.807, 2.05) is 36.4 Å². The second-order valence-electron chi connectivity index (χ2n) is 6.20. The summed E-state index contributed by atoms with van der Waals surface area (Å²) in [5, 5.41) is 6.04. The summed E-state index contributed by atoms with van der Waals surface area (Å²) in [6.45, 7) is 2.87. The zero-order valence-corrected chi connectivity index (χ0v) is 16.0. The average Bonchev–Trinajstić information content (AvgIpc) is 3.30. The van der Waals surface area contributed by atoms with Crippen molar-refractivity contribution in [3.8, 4) is 10.7 Å². The van der Waals surface area contributed by atoms with Gasteiger partial charge in [0, 0.05) is 18.5 Å². The van der Waals surface area contributed by atoms with Gasteiger partial charge in [0.2, 0.25) is 5.91 Å². The van der Waals surface area contributed by atoms with E-state index < -0.39 is 0 Å². The molecular weight excluding hydrogens is 352 g/mol. The lowest BCUT2D eigenvalue weighted by molar-refractivity contribution is -0.119. The smallest absolute Gasteiger partial charge is 0.239 e. The van der Waals surface area contributed by atoms with Crippen molar-refractivity contribution >= 4 is 44.6 Å². The summed E-state index contributed by atoms with van der Waals surface area (Å²) < 4.78 is 0. The van der Waals surface area contributed by atoms with Gasteiger partial charge in [-0.25, -0.2) is 9.97 Å². The molecule has 130 valence electrons. The SMILES string of the molecule is CCNC(=O)CN(C)c1nc(-c2cccs2)nc2sc3c(c12)CCC3. The predicted molar refractivity (Wildman–Crippen MR) is 105 cm³/mol. The second kappa shape index (κ2) is 6.72. The van der Waals surface area contributed by atoms with E-state index in [1.165, 1.54) is 16.9 Å². The molecule has 0 aliphatic heterocycles. The summed E-state index contributed by atoms with van der Waals surface area (Å²) in [5.41, 5.74) is 1.38. The van der Waals surface area contributed by atoms with Gasteiger partial charge >= 0.3 is 0 Å². The fraction of sp³-hybridized carbons (Fsp3) is 0.389. The highest BCUT2D eigenvalue weighted by atomic mass is 32.1. The topological polar surface area (TPSA) is 58.1 Å². The van der Waals surface area contributed by atoms with Gasteiger partial charge in [-0.2, -0.15) is 0 Å². The molecule has 1 N–H and O–H groups in total. The van der Waals surface area contributed by atoms with Crippen LogP contribution >= 0.6 is 22.7 Å². The first kappa shape index (κ1) is 16.5. The van der Waals surface area contributed by atoms with Gasteiger partial charge in [-0.3, -0.25) is 4.79 Å². The van der Waals surface area contributed by atoms with Crippen molar-refractivity contribution in [2.24, 2.45) is 0 Å². The Hall–Kier alpha value is -1.99. The molecule has 4 rings (SSSR count). The van der Waals surface area contributed by atoms with Crippen molar-refractivity contribution in [3.63, 3.8) is 0 Å². The van der Waals surface area contributed by atoms with E-state index >= 15 is 0 Å². The van der Waals surface area contributed by atoms with Crippen LogP contribution < -0.4 is 10.2 Å². The Morgan fingerprint density at radius 3 is 3.00 bits per heavy atom. The zero-order chi connectivity index (χ0) is 17.4. The van der Waals surface area contributed by atoms with Crippen LogP contribution in [-0.2, 0) is 17.6 Å². The first-order chi connectivity index (χ1) is 12.2. The number of aryl methyl sites for hydroxylation is 2. The van der Waals surface area contributed by atoms with Gasteiger partial charge in [0.15, 0.2) is 5.82 Å². The lowest BCUT2D eigenvalue weighted by Gasteiger charge is -2.19. The Labute approximate surface area is 154 Å². The number of fused-ring (bicyclic) bond motifs is 3. The molecule has 7 heteroatoms. The summed E-state index contributed by atoms with van der Waals surface area (Å²) >= 11 is 3.42. The fourth-order valence-electron chi connectivity index (χ4n) is 3.31. The standard InChI is InChI=1S/C18H20N4OS2/c1-3-19-14(23)10-22(2)17-15-11-6-4-7-12(11)25-18(15)21-16(20-17)13-8-5-9-24-13/h5,8-9H,3-4,6-7,10H2,1-2H3,(H,19,23). The van der Waals surface area contributed by atoms with Crippen molar-refractivity contribution in [3.05, 3.63) is 28.0 Å². The van der Waals surface area contributed by atoms with Crippen LogP contribution in [-0.4, -0.2) is 36.0 Å². The third kappa shape index (κ3) is 3.02. The number of thiophene rings is 2. The van der Waals surface area contributed by atoms with Crippen LogP contribution in [0.2, 0.25) is 0 Å². The summed E-state index contributed by atoms with van der Waals surface area (Å²) in [7, 11) is 1.94. The number of anilines is 1. The molecule has 0 spiro atoms. The molecule has 0 bridgehead atoms. The van der Waals surface area contributed by atoms with E-state index in [9.17, 15) is 4.79 Å². The van der Waals surface area contributed by atoms with Crippen LogP contribution in [0.4, 0.5) is 5.82 Å². The van der Waals surface area contributed by atoms with Crippen LogP contribution in [0.25, 0.3) is 20.9 Å². The number of aromatic nitrogens is 2. The largest absolute Gasteiger partial charge is 0.355 e. The predicted octanol–water partition coefficient (Wildman–Crippen LogP) is 3.48. The van der Waals surface area contributed by atoms with Gasteiger partial charge in [-0.1, -0.05) is 6.07 Å².